The van der Waals surface area contributed by atoms with Crippen LogP contribution in [-0.2, 0) is 0 Å². The Morgan fingerprint density at radius 1 is 1.05 bits per heavy atom. The van der Waals surface area contributed by atoms with Gasteiger partial charge in [0.1, 0.15) is 0 Å². The van der Waals surface area contributed by atoms with Gasteiger partial charge in [-0.3, -0.25) is 0 Å². The van der Waals surface area contributed by atoms with Crippen LogP contribution < -0.4 is 5.32 Å². The summed E-state index contributed by atoms with van der Waals surface area (Å²) in [7, 11) is 0. The zero-order valence-electron chi connectivity index (χ0n) is 12.6. The van der Waals surface area contributed by atoms with Crippen LogP contribution in [0.3, 0.4) is 0 Å². The summed E-state index contributed by atoms with van der Waals surface area (Å²) in [6.45, 7) is 7.02. The van der Waals surface area contributed by atoms with Crippen molar-refractivity contribution in [3.05, 3.63) is 35.1 Å². The topological polar surface area (TPSA) is 15.3 Å². The lowest BCUT2D eigenvalue weighted by Gasteiger charge is -2.30. The maximum Gasteiger partial charge on any atom is 0.194 e. The van der Waals surface area contributed by atoms with Gasteiger partial charge in [0, 0.05) is 18.6 Å². The molecule has 1 aliphatic heterocycles. The van der Waals surface area contributed by atoms with Crippen LogP contribution in [0.1, 0.15) is 44.7 Å². The Kier molecular flexibility index (Phi) is 5.65. The molecule has 1 aromatic rings. The van der Waals surface area contributed by atoms with Crippen molar-refractivity contribution in [2.75, 3.05) is 19.6 Å². The highest BCUT2D eigenvalue weighted by atomic mass is 19.2. The lowest BCUT2D eigenvalue weighted by molar-refractivity contribution is 0.205. The van der Waals surface area contributed by atoms with Crippen LogP contribution in [-0.4, -0.2) is 30.6 Å². The zero-order valence-corrected chi connectivity index (χ0v) is 12.6. The fourth-order valence-electron chi connectivity index (χ4n) is 2.93. The van der Waals surface area contributed by atoms with E-state index in [1.165, 1.54) is 19.3 Å². The maximum absolute atomic E-state index is 13.3. The molecular weight excluding hydrogens is 277 g/mol. The molecule has 1 fully saturated rings. The molecule has 1 heterocycles. The molecule has 0 unspecified atom stereocenters. The molecule has 118 valence electrons. The van der Waals surface area contributed by atoms with E-state index < -0.39 is 17.5 Å². The van der Waals surface area contributed by atoms with Crippen molar-refractivity contribution < 1.29 is 13.2 Å². The molecule has 2 nitrogen and oxygen atoms in total. The molecule has 0 amide bonds. The first-order valence-corrected chi connectivity index (χ1v) is 7.60. The van der Waals surface area contributed by atoms with Crippen LogP contribution in [0.25, 0.3) is 0 Å². The summed E-state index contributed by atoms with van der Waals surface area (Å²) in [5, 5.41) is 3.32. The van der Waals surface area contributed by atoms with Crippen LogP contribution in [0.5, 0.6) is 0 Å². The number of benzene rings is 1. The first-order chi connectivity index (χ1) is 9.97. The zero-order chi connectivity index (χ0) is 15.4. The van der Waals surface area contributed by atoms with Crippen molar-refractivity contribution in [2.24, 2.45) is 0 Å². The minimum absolute atomic E-state index is 0.203. The molecule has 0 aromatic heterocycles. The molecule has 0 saturated carbocycles. The van der Waals surface area contributed by atoms with Crippen molar-refractivity contribution in [1.82, 2.24) is 10.2 Å². The van der Waals surface area contributed by atoms with E-state index in [-0.39, 0.29) is 12.1 Å². The first-order valence-electron chi connectivity index (χ1n) is 7.60. The molecule has 21 heavy (non-hydrogen) atoms. The predicted molar refractivity (Wildman–Crippen MR) is 77.6 cm³/mol. The molecule has 1 aliphatic rings. The number of hydrogen-bond acceptors (Lipinski definition) is 2. The Balaban J connectivity index is 1.92. The van der Waals surface area contributed by atoms with Crippen LogP contribution in [0.15, 0.2) is 12.1 Å². The highest BCUT2D eigenvalue weighted by Gasteiger charge is 2.18. The fraction of sp³-hybridized carbons (Fsp3) is 0.625. The van der Waals surface area contributed by atoms with E-state index in [0.717, 1.165) is 31.8 Å². The average molecular weight is 300 g/mol. The predicted octanol–water partition coefficient (Wildman–Crippen LogP) is 3.63. The van der Waals surface area contributed by atoms with Gasteiger partial charge in [-0.2, -0.15) is 0 Å². The van der Waals surface area contributed by atoms with Crippen LogP contribution in [0.4, 0.5) is 13.2 Å². The Morgan fingerprint density at radius 2 is 1.62 bits per heavy atom. The quantitative estimate of drug-likeness (QED) is 0.835. The fourth-order valence-corrected chi connectivity index (χ4v) is 2.93. The summed E-state index contributed by atoms with van der Waals surface area (Å²) in [4.78, 5) is 2.40. The van der Waals surface area contributed by atoms with E-state index >= 15 is 0 Å². The lowest BCUT2D eigenvalue weighted by Crippen LogP contribution is -2.42. The largest absolute Gasteiger partial charge is 0.306 e. The molecule has 1 saturated heterocycles. The minimum atomic E-state index is -1.41. The number of piperidine rings is 1. The summed E-state index contributed by atoms with van der Waals surface area (Å²) >= 11 is 0. The number of nitrogens with zero attached hydrogens (tertiary/aromatic N) is 1. The SMILES string of the molecule is C[C@H](CN1CCCCC1)N[C@@H](C)c1cc(F)c(F)c(F)c1. The molecule has 0 radical (unpaired) electrons. The van der Waals surface area contributed by atoms with E-state index in [0.29, 0.717) is 5.56 Å². The van der Waals surface area contributed by atoms with Crippen molar-refractivity contribution in [3.8, 4) is 0 Å². The number of halogens is 3. The van der Waals surface area contributed by atoms with Gasteiger partial charge in [-0.25, -0.2) is 13.2 Å². The van der Waals surface area contributed by atoms with E-state index in [9.17, 15) is 13.2 Å². The number of rotatable bonds is 5. The van der Waals surface area contributed by atoms with Gasteiger partial charge in [-0.15, -0.1) is 0 Å². The third-order valence-corrected chi connectivity index (χ3v) is 4.02. The Bertz CT molecular complexity index is 450. The molecule has 2 rings (SSSR count). The molecule has 0 aliphatic carbocycles. The van der Waals surface area contributed by atoms with Gasteiger partial charge in [0.15, 0.2) is 17.5 Å². The van der Waals surface area contributed by atoms with E-state index in [1.807, 2.05) is 6.92 Å². The van der Waals surface area contributed by atoms with Gasteiger partial charge in [0.25, 0.3) is 0 Å². The van der Waals surface area contributed by atoms with Crippen LogP contribution in [0.2, 0.25) is 0 Å². The van der Waals surface area contributed by atoms with Gasteiger partial charge in [0.2, 0.25) is 0 Å². The third kappa shape index (κ3) is 4.45. The van der Waals surface area contributed by atoms with Gasteiger partial charge >= 0.3 is 0 Å². The maximum atomic E-state index is 13.3. The van der Waals surface area contributed by atoms with Crippen molar-refractivity contribution in [2.45, 2.75) is 45.2 Å². The summed E-state index contributed by atoms with van der Waals surface area (Å²) in [6, 6.07) is 2.09. The molecule has 1 aromatic carbocycles. The second-order valence-electron chi connectivity index (χ2n) is 5.95. The Morgan fingerprint density at radius 3 is 2.19 bits per heavy atom. The molecule has 2 atom stereocenters. The van der Waals surface area contributed by atoms with E-state index in [2.05, 4.69) is 17.1 Å². The number of nitrogens with one attached hydrogen (secondary N) is 1. The second kappa shape index (κ2) is 7.27. The van der Waals surface area contributed by atoms with E-state index in [4.69, 9.17) is 0 Å². The first kappa shape index (κ1) is 16.3. The Labute approximate surface area is 124 Å². The highest BCUT2D eigenvalue weighted by molar-refractivity contribution is 5.22. The Hall–Kier alpha value is -1.07. The molecule has 0 bridgehead atoms. The van der Waals surface area contributed by atoms with Crippen molar-refractivity contribution in [1.29, 1.82) is 0 Å². The summed E-state index contributed by atoms with van der Waals surface area (Å²) < 4.78 is 39.5. The lowest BCUT2D eigenvalue weighted by atomic mass is 10.1. The van der Waals surface area contributed by atoms with Crippen molar-refractivity contribution >= 4 is 0 Å². The van der Waals surface area contributed by atoms with Gasteiger partial charge < -0.3 is 10.2 Å². The molecule has 5 heteroatoms. The van der Waals surface area contributed by atoms with Gasteiger partial charge in [-0.05, 0) is 57.5 Å². The number of hydrogen-bond donors (Lipinski definition) is 1. The van der Waals surface area contributed by atoms with Gasteiger partial charge in [0.05, 0.1) is 0 Å². The monoisotopic (exact) mass is 300 g/mol. The summed E-state index contributed by atoms with van der Waals surface area (Å²) in [5.74, 6) is -3.68. The van der Waals surface area contributed by atoms with Crippen LogP contribution >= 0.6 is 0 Å². The minimum Gasteiger partial charge on any atom is -0.306 e. The second-order valence-corrected chi connectivity index (χ2v) is 5.95. The molecular formula is C16H23F3N2. The van der Waals surface area contributed by atoms with Crippen LogP contribution in [0, 0.1) is 17.5 Å². The van der Waals surface area contributed by atoms with E-state index in [1.54, 1.807) is 0 Å². The summed E-state index contributed by atoms with van der Waals surface area (Å²) in [6.07, 6.45) is 3.76. The smallest absolute Gasteiger partial charge is 0.194 e. The highest BCUT2D eigenvalue weighted by Crippen LogP contribution is 2.20. The van der Waals surface area contributed by atoms with Gasteiger partial charge in [-0.1, -0.05) is 6.42 Å². The standard InChI is InChI=1S/C16H23F3N2/c1-11(10-21-6-4-3-5-7-21)20-12(2)13-8-14(17)16(19)15(18)9-13/h8-9,11-12,20H,3-7,10H2,1-2H3/t11-,12+/m1/s1. The molecule has 0 spiro atoms. The third-order valence-electron chi connectivity index (χ3n) is 4.02. The normalized spacial score (nSPS) is 19.5. The molecule has 1 N–H and O–H groups in total. The summed E-state index contributed by atoms with van der Waals surface area (Å²) in [5.41, 5.74) is 0.428. The van der Waals surface area contributed by atoms with Crippen molar-refractivity contribution in [3.63, 3.8) is 0 Å². The average Bonchev–Trinajstić information content (AvgIpc) is 2.45. The number of likely N-dealkylation sites (tertiary alicyclic amines) is 1.